The minimum atomic E-state index is 0.0313. The second-order valence-corrected chi connectivity index (χ2v) is 6.08. The maximum Gasteiger partial charge on any atom is 0.169 e. The van der Waals surface area contributed by atoms with Gasteiger partial charge >= 0.3 is 0 Å². The Morgan fingerprint density at radius 2 is 1.88 bits per heavy atom. The first kappa shape index (κ1) is 13.3. The molecule has 0 saturated heterocycles. The summed E-state index contributed by atoms with van der Waals surface area (Å²) >= 11 is 10.3. The average molecular weight is 424 g/mol. The highest BCUT2D eigenvalue weighted by atomic mass is 79.9. The fraction of sp³-hybridized carbons (Fsp3) is 0.167. The van der Waals surface area contributed by atoms with Crippen LogP contribution in [0.4, 0.5) is 0 Å². The third kappa shape index (κ3) is 3.02. The largest absolute Gasteiger partial charge is 0.452 e. The van der Waals surface area contributed by atoms with Crippen LogP contribution >= 0.6 is 47.8 Å². The summed E-state index contributed by atoms with van der Waals surface area (Å²) in [7, 11) is 1.91. The van der Waals surface area contributed by atoms with E-state index in [9.17, 15) is 0 Å². The zero-order chi connectivity index (χ0) is 12.4. The molecular formula is C12H10Br3NO. The summed E-state index contributed by atoms with van der Waals surface area (Å²) in [4.78, 5) is 0. The standard InChI is InChI=1S/C12H10Br3NO/c1-16-12(10-4-5-11(15)17-10)8-3-2-7(13)6-9(8)14/h2-6,12,16H,1H3. The van der Waals surface area contributed by atoms with Gasteiger partial charge in [-0.2, -0.15) is 0 Å². The maximum absolute atomic E-state index is 5.60. The van der Waals surface area contributed by atoms with E-state index in [0.717, 1.165) is 24.9 Å². The molecule has 0 aliphatic rings. The van der Waals surface area contributed by atoms with Crippen molar-refractivity contribution in [1.82, 2.24) is 5.32 Å². The van der Waals surface area contributed by atoms with E-state index in [1.807, 2.05) is 31.3 Å². The van der Waals surface area contributed by atoms with E-state index in [1.54, 1.807) is 0 Å². The lowest BCUT2D eigenvalue weighted by Crippen LogP contribution is -2.17. The van der Waals surface area contributed by atoms with Gasteiger partial charge in [0.15, 0.2) is 4.67 Å². The zero-order valence-corrected chi connectivity index (χ0v) is 13.8. The van der Waals surface area contributed by atoms with Crippen molar-refractivity contribution >= 4 is 47.8 Å². The molecule has 90 valence electrons. The van der Waals surface area contributed by atoms with Gasteiger partial charge in [-0.15, -0.1) is 0 Å². The first-order valence-electron chi connectivity index (χ1n) is 4.99. The fourth-order valence-corrected chi connectivity index (χ4v) is 3.27. The highest BCUT2D eigenvalue weighted by Gasteiger charge is 2.18. The second kappa shape index (κ2) is 5.69. The highest BCUT2D eigenvalue weighted by Crippen LogP contribution is 2.32. The topological polar surface area (TPSA) is 25.2 Å². The molecule has 17 heavy (non-hydrogen) atoms. The van der Waals surface area contributed by atoms with Gasteiger partial charge in [-0.3, -0.25) is 0 Å². The Kier molecular flexibility index (Phi) is 4.47. The van der Waals surface area contributed by atoms with Crippen LogP contribution in [0.15, 0.2) is 48.4 Å². The molecule has 1 aromatic carbocycles. The summed E-state index contributed by atoms with van der Waals surface area (Å²) in [5.41, 5.74) is 1.14. The van der Waals surface area contributed by atoms with Gasteiger partial charge in [-0.05, 0) is 52.8 Å². The molecule has 1 unspecified atom stereocenters. The van der Waals surface area contributed by atoms with Crippen molar-refractivity contribution in [3.8, 4) is 0 Å². The van der Waals surface area contributed by atoms with Crippen LogP contribution < -0.4 is 5.32 Å². The van der Waals surface area contributed by atoms with E-state index in [2.05, 4.69) is 59.2 Å². The van der Waals surface area contributed by atoms with Crippen LogP contribution in [0.2, 0.25) is 0 Å². The van der Waals surface area contributed by atoms with Crippen molar-refractivity contribution in [3.63, 3.8) is 0 Å². The Hall–Kier alpha value is -0.100. The predicted molar refractivity (Wildman–Crippen MR) is 79.2 cm³/mol. The molecule has 0 amide bonds. The molecule has 1 atom stereocenters. The molecule has 0 bridgehead atoms. The molecule has 2 aromatic rings. The van der Waals surface area contributed by atoms with Crippen LogP contribution in [0, 0.1) is 0 Å². The summed E-state index contributed by atoms with van der Waals surface area (Å²) in [5.74, 6) is 0.877. The van der Waals surface area contributed by atoms with E-state index < -0.39 is 0 Å². The summed E-state index contributed by atoms with van der Waals surface area (Å²) < 4.78 is 8.42. The van der Waals surface area contributed by atoms with Crippen molar-refractivity contribution < 1.29 is 4.42 Å². The molecule has 1 heterocycles. The van der Waals surface area contributed by atoms with Crippen LogP contribution in [0.25, 0.3) is 0 Å². The molecule has 0 aliphatic carbocycles. The lowest BCUT2D eigenvalue weighted by atomic mass is 10.1. The number of halogens is 3. The first-order valence-corrected chi connectivity index (χ1v) is 7.37. The number of hydrogen-bond donors (Lipinski definition) is 1. The van der Waals surface area contributed by atoms with Gasteiger partial charge in [0.1, 0.15) is 5.76 Å². The summed E-state index contributed by atoms with van der Waals surface area (Å²) in [5, 5.41) is 3.25. The molecule has 0 fully saturated rings. The van der Waals surface area contributed by atoms with Gasteiger partial charge in [0.2, 0.25) is 0 Å². The molecule has 1 N–H and O–H groups in total. The van der Waals surface area contributed by atoms with Crippen molar-refractivity contribution in [2.75, 3.05) is 7.05 Å². The Bertz CT molecular complexity index is 524. The van der Waals surface area contributed by atoms with E-state index in [-0.39, 0.29) is 6.04 Å². The number of benzene rings is 1. The number of furan rings is 1. The molecule has 0 saturated carbocycles. The van der Waals surface area contributed by atoms with E-state index in [0.29, 0.717) is 0 Å². The molecule has 2 rings (SSSR count). The van der Waals surface area contributed by atoms with E-state index in [1.165, 1.54) is 0 Å². The van der Waals surface area contributed by atoms with Crippen molar-refractivity contribution in [2.24, 2.45) is 0 Å². The highest BCUT2D eigenvalue weighted by molar-refractivity contribution is 9.11. The van der Waals surface area contributed by atoms with Gasteiger partial charge in [0.05, 0.1) is 6.04 Å². The monoisotopic (exact) mass is 421 g/mol. The van der Waals surface area contributed by atoms with Gasteiger partial charge in [0, 0.05) is 8.95 Å². The van der Waals surface area contributed by atoms with E-state index in [4.69, 9.17) is 4.42 Å². The lowest BCUT2D eigenvalue weighted by Gasteiger charge is -2.16. The third-order valence-electron chi connectivity index (χ3n) is 2.44. The summed E-state index contributed by atoms with van der Waals surface area (Å²) in [6, 6.07) is 9.99. The van der Waals surface area contributed by atoms with Gasteiger partial charge in [0.25, 0.3) is 0 Å². The second-order valence-electron chi connectivity index (χ2n) is 3.53. The molecule has 1 aromatic heterocycles. The molecule has 0 spiro atoms. The number of nitrogens with one attached hydrogen (secondary N) is 1. The minimum Gasteiger partial charge on any atom is -0.452 e. The maximum atomic E-state index is 5.60. The fourth-order valence-electron chi connectivity index (χ4n) is 1.67. The SMILES string of the molecule is CNC(c1ccc(Br)o1)c1ccc(Br)cc1Br. The average Bonchev–Trinajstić information content (AvgIpc) is 2.69. The lowest BCUT2D eigenvalue weighted by molar-refractivity contribution is 0.446. The van der Waals surface area contributed by atoms with Crippen LogP contribution in [0.5, 0.6) is 0 Å². The van der Waals surface area contributed by atoms with Gasteiger partial charge < -0.3 is 9.73 Å². The quantitative estimate of drug-likeness (QED) is 0.761. The summed E-state index contributed by atoms with van der Waals surface area (Å²) in [6.07, 6.45) is 0. The number of hydrogen-bond acceptors (Lipinski definition) is 2. The zero-order valence-electron chi connectivity index (χ0n) is 9.01. The van der Waals surface area contributed by atoms with E-state index >= 15 is 0 Å². The van der Waals surface area contributed by atoms with Gasteiger partial charge in [-0.25, -0.2) is 0 Å². The van der Waals surface area contributed by atoms with Crippen LogP contribution in [0.3, 0.4) is 0 Å². The predicted octanol–water partition coefficient (Wildman–Crippen LogP) is 4.88. The first-order chi connectivity index (χ1) is 8.11. The van der Waals surface area contributed by atoms with Crippen molar-refractivity contribution in [3.05, 3.63) is 55.3 Å². The Morgan fingerprint density at radius 1 is 1.12 bits per heavy atom. The summed E-state index contributed by atoms with van der Waals surface area (Å²) in [6.45, 7) is 0. The smallest absolute Gasteiger partial charge is 0.169 e. The van der Waals surface area contributed by atoms with Crippen LogP contribution in [-0.2, 0) is 0 Å². The van der Waals surface area contributed by atoms with Crippen LogP contribution in [-0.4, -0.2) is 7.05 Å². The van der Waals surface area contributed by atoms with Crippen LogP contribution in [0.1, 0.15) is 17.4 Å². The van der Waals surface area contributed by atoms with Gasteiger partial charge in [-0.1, -0.05) is 37.9 Å². The molecular weight excluding hydrogens is 414 g/mol. The molecule has 2 nitrogen and oxygen atoms in total. The minimum absolute atomic E-state index is 0.0313. The van der Waals surface area contributed by atoms with Crippen molar-refractivity contribution in [1.29, 1.82) is 0 Å². The normalized spacial score (nSPS) is 12.7. The molecule has 5 heteroatoms. The molecule has 0 radical (unpaired) electrons. The Labute approximate surface area is 125 Å². The number of rotatable bonds is 3. The Balaban J connectivity index is 2.42. The Morgan fingerprint density at radius 3 is 2.41 bits per heavy atom. The molecule has 0 aliphatic heterocycles. The van der Waals surface area contributed by atoms with Crippen molar-refractivity contribution in [2.45, 2.75) is 6.04 Å². The third-order valence-corrected chi connectivity index (χ3v) is 4.05.